The average molecular weight is 484 g/mol. The van der Waals surface area contributed by atoms with Crippen LogP contribution < -0.4 is 10.2 Å². The van der Waals surface area contributed by atoms with Crippen molar-refractivity contribution in [3.8, 4) is 0 Å². The van der Waals surface area contributed by atoms with Crippen molar-refractivity contribution in [2.24, 2.45) is 0 Å². The van der Waals surface area contributed by atoms with E-state index in [9.17, 15) is 13.2 Å². The number of nitrogens with zero attached hydrogens (tertiary/aromatic N) is 2. The van der Waals surface area contributed by atoms with E-state index in [-0.39, 0.29) is 11.5 Å². The fraction of sp³-hybridized carbons (Fsp3) is 0.500. The first kappa shape index (κ1) is 23.2. The van der Waals surface area contributed by atoms with Crippen LogP contribution in [0.2, 0.25) is 0 Å². The molecule has 3 aliphatic rings. The summed E-state index contributed by atoms with van der Waals surface area (Å²) >= 11 is 0. The van der Waals surface area contributed by atoms with Crippen molar-refractivity contribution in [1.29, 1.82) is 0 Å². The molecular formula is C26H33N3O4S. The highest BCUT2D eigenvalue weighted by molar-refractivity contribution is 7.90. The van der Waals surface area contributed by atoms with Crippen LogP contribution in [0.4, 0.5) is 11.4 Å². The Morgan fingerprint density at radius 1 is 1.12 bits per heavy atom. The second kappa shape index (κ2) is 8.57. The third kappa shape index (κ3) is 4.29. The summed E-state index contributed by atoms with van der Waals surface area (Å²) in [6, 6.07) is 14.4. The number of ether oxygens (including phenoxy) is 1. The summed E-state index contributed by atoms with van der Waals surface area (Å²) in [7, 11) is -2.19. The van der Waals surface area contributed by atoms with E-state index < -0.39 is 21.2 Å². The summed E-state index contributed by atoms with van der Waals surface area (Å²) in [5.74, 6) is -0.467. The fourth-order valence-corrected chi connectivity index (χ4v) is 6.59. The third-order valence-electron chi connectivity index (χ3n) is 7.30. The molecule has 0 radical (unpaired) electrons. The van der Waals surface area contributed by atoms with Crippen LogP contribution in [-0.4, -0.2) is 57.2 Å². The van der Waals surface area contributed by atoms with Gasteiger partial charge in [0.1, 0.15) is 0 Å². The van der Waals surface area contributed by atoms with Gasteiger partial charge in [0.15, 0.2) is 0 Å². The van der Waals surface area contributed by atoms with Crippen LogP contribution in [0.15, 0.2) is 42.5 Å². The molecule has 1 N–H and O–H groups in total. The van der Waals surface area contributed by atoms with Gasteiger partial charge in [0.2, 0.25) is 10.0 Å². The van der Waals surface area contributed by atoms with E-state index in [1.54, 1.807) is 6.07 Å². The topological polar surface area (TPSA) is 79.0 Å². The largest absolute Gasteiger partial charge is 0.378 e. The Hall–Kier alpha value is -2.58. The summed E-state index contributed by atoms with van der Waals surface area (Å²) in [6.07, 6.45) is 2.13. The number of sulfonamides is 1. The monoisotopic (exact) mass is 483 g/mol. The van der Waals surface area contributed by atoms with Crippen LogP contribution in [0.3, 0.4) is 0 Å². The SMILES string of the molecule is CN(C(=O)c1ccc2c(c1)C(C)(C)CC(c1cccc(N3CCOCC3)c1)N2)S(=O)(=O)C1CC1. The lowest BCUT2D eigenvalue weighted by molar-refractivity contribution is 0.0882. The van der Waals surface area contributed by atoms with Crippen molar-refractivity contribution >= 4 is 27.3 Å². The van der Waals surface area contributed by atoms with Crippen molar-refractivity contribution in [2.45, 2.75) is 49.8 Å². The van der Waals surface area contributed by atoms with E-state index in [0.717, 1.165) is 48.3 Å². The molecule has 0 bridgehead atoms. The number of carbonyl (C=O) groups excluding carboxylic acids is 1. The van der Waals surface area contributed by atoms with Crippen molar-refractivity contribution in [1.82, 2.24) is 4.31 Å². The van der Waals surface area contributed by atoms with Crippen LogP contribution in [0.25, 0.3) is 0 Å². The lowest BCUT2D eigenvalue weighted by Gasteiger charge is -2.39. The first-order valence-electron chi connectivity index (χ1n) is 12.0. The van der Waals surface area contributed by atoms with Crippen LogP contribution in [0, 0.1) is 0 Å². The van der Waals surface area contributed by atoms with Crippen molar-refractivity contribution < 1.29 is 17.9 Å². The highest BCUT2D eigenvalue weighted by Crippen LogP contribution is 2.45. The minimum absolute atomic E-state index is 0.142. The van der Waals surface area contributed by atoms with E-state index in [1.807, 2.05) is 12.1 Å². The summed E-state index contributed by atoms with van der Waals surface area (Å²) < 4.78 is 31.5. The average Bonchev–Trinajstić information content (AvgIpc) is 3.69. The molecule has 0 spiro atoms. The molecule has 1 aliphatic carbocycles. The quantitative estimate of drug-likeness (QED) is 0.695. The summed E-state index contributed by atoms with van der Waals surface area (Å²) in [6.45, 7) is 7.68. The maximum atomic E-state index is 13.0. The number of benzene rings is 2. The Morgan fingerprint density at radius 2 is 1.85 bits per heavy atom. The molecule has 182 valence electrons. The van der Waals surface area contributed by atoms with E-state index in [0.29, 0.717) is 18.4 Å². The number of morpholine rings is 1. The van der Waals surface area contributed by atoms with Crippen LogP contribution in [-0.2, 0) is 20.2 Å². The van der Waals surface area contributed by atoms with Gasteiger partial charge in [-0.05, 0) is 66.1 Å². The molecule has 1 unspecified atom stereocenters. The molecule has 2 fully saturated rings. The predicted molar refractivity (Wildman–Crippen MR) is 134 cm³/mol. The second-order valence-electron chi connectivity index (χ2n) is 10.3. The fourth-order valence-electron chi connectivity index (χ4n) is 5.07. The Labute approximate surface area is 202 Å². The lowest BCUT2D eigenvalue weighted by atomic mass is 9.73. The number of amides is 1. The molecule has 8 heteroatoms. The number of hydrogen-bond acceptors (Lipinski definition) is 6. The molecule has 2 aromatic carbocycles. The van der Waals surface area contributed by atoms with Crippen LogP contribution in [0.1, 0.15) is 60.6 Å². The maximum absolute atomic E-state index is 13.0. The van der Waals surface area contributed by atoms with E-state index in [2.05, 4.69) is 48.3 Å². The van der Waals surface area contributed by atoms with Gasteiger partial charge in [-0.15, -0.1) is 0 Å². The first-order chi connectivity index (χ1) is 16.2. The van der Waals surface area contributed by atoms with Gasteiger partial charge in [-0.1, -0.05) is 26.0 Å². The Bertz CT molecular complexity index is 1200. The number of nitrogens with one attached hydrogen (secondary N) is 1. The highest BCUT2D eigenvalue weighted by atomic mass is 32.2. The van der Waals surface area contributed by atoms with Gasteiger partial charge in [-0.2, -0.15) is 0 Å². The number of hydrogen-bond donors (Lipinski definition) is 1. The number of carbonyl (C=O) groups is 1. The lowest BCUT2D eigenvalue weighted by Crippen LogP contribution is -2.37. The van der Waals surface area contributed by atoms with Gasteiger partial charge in [0.05, 0.1) is 24.5 Å². The zero-order valence-corrected chi connectivity index (χ0v) is 20.9. The minimum Gasteiger partial charge on any atom is -0.378 e. The van der Waals surface area contributed by atoms with E-state index >= 15 is 0 Å². The molecule has 2 heterocycles. The molecule has 1 atom stereocenters. The molecular weight excluding hydrogens is 450 g/mol. The van der Waals surface area contributed by atoms with E-state index in [1.165, 1.54) is 18.3 Å². The number of anilines is 2. The van der Waals surface area contributed by atoms with Crippen LogP contribution >= 0.6 is 0 Å². The van der Waals surface area contributed by atoms with Gasteiger partial charge in [-0.3, -0.25) is 4.79 Å². The number of fused-ring (bicyclic) bond motifs is 1. The Balaban J connectivity index is 1.40. The third-order valence-corrected chi connectivity index (χ3v) is 9.55. The maximum Gasteiger partial charge on any atom is 0.267 e. The molecule has 1 amide bonds. The summed E-state index contributed by atoms with van der Waals surface area (Å²) in [5, 5.41) is 3.26. The van der Waals surface area contributed by atoms with Gasteiger partial charge in [-0.25, -0.2) is 12.7 Å². The molecule has 1 saturated carbocycles. The highest BCUT2D eigenvalue weighted by Gasteiger charge is 2.41. The zero-order chi connectivity index (χ0) is 24.1. The summed E-state index contributed by atoms with van der Waals surface area (Å²) in [4.78, 5) is 15.4. The molecule has 1 saturated heterocycles. The second-order valence-corrected chi connectivity index (χ2v) is 12.5. The molecule has 34 heavy (non-hydrogen) atoms. The Morgan fingerprint density at radius 3 is 2.56 bits per heavy atom. The molecule has 2 aliphatic heterocycles. The standard InChI is InChI=1S/C26H33N3O4S/c1-26(2)17-24(18-5-4-6-20(15-18)29-11-13-33-14-12-29)27-23-10-7-19(16-22(23)26)25(30)28(3)34(31,32)21-8-9-21/h4-7,10,15-16,21,24,27H,8-9,11-14,17H2,1-3H3. The van der Waals surface area contributed by atoms with Crippen molar-refractivity contribution in [3.63, 3.8) is 0 Å². The molecule has 0 aromatic heterocycles. The normalized spacial score (nSPS) is 22.0. The van der Waals surface area contributed by atoms with Gasteiger partial charge < -0.3 is 15.0 Å². The molecule has 7 nitrogen and oxygen atoms in total. The van der Waals surface area contributed by atoms with Gasteiger partial charge in [0, 0.05) is 37.1 Å². The zero-order valence-electron chi connectivity index (χ0n) is 20.1. The smallest absolute Gasteiger partial charge is 0.267 e. The molecule has 5 rings (SSSR count). The summed E-state index contributed by atoms with van der Waals surface area (Å²) in [5.41, 5.74) is 4.70. The van der Waals surface area contributed by atoms with Gasteiger partial charge in [0.25, 0.3) is 5.91 Å². The van der Waals surface area contributed by atoms with Crippen molar-refractivity contribution in [3.05, 3.63) is 59.2 Å². The van der Waals surface area contributed by atoms with Crippen molar-refractivity contribution in [2.75, 3.05) is 43.6 Å². The van der Waals surface area contributed by atoms with E-state index in [4.69, 9.17) is 4.74 Å². The minimum atomic E-state index is -3.57. The predicted octanol–water partition coefficient (Wildman–Crippen LogP) is 3.92. The van der Waals surface area contributed by atoms with Crippen LogP contribution in [0.5, 0.6) is 0 Å². The molecule has 2 aromatic rings. The Kier molecular flexibility index (Phi) is 5.84. The van der Waals surface area contributed by atoms with Gasteiger partial charge >= 0.3 is 0 Å². The number of rotatable bonds is 5. The first-order valence-corrected chi connectivity index (χ1v) is 13.5.